The quantitative estimate of drug-likeness (QED) is 0.906. The van der Waals surface area contributed by atoms with Crippen LogP contribution in [0.15, 0.2) is 12.4 Å². The highest BCUT2D eigenvalue weighted by Crippen LogP contribution is 2.21. The number of nitrogens with zero attached hydrogens (tertiary/aromatic N) is 2. The maximum atomic E-state index is 5.79. The van der Waals surface area contributed by atoms with Crippen molar-refractivity contribution >= 4 is 0 Å². The van der Waals surface area contributed by atoms with Gasteiger partial charge in [0.05, 0.1) is 12.2 Å². The molecule has 1 N–H and O–H groups in total. The van der Waals surface area contributed by atoms with Crippen LogP contribution in [-0.2, 0) is 17.7 Å². The van der Waals surface area contributed by atoms with Crippen molar-refractivity contribution in [3.8, 4) is 0 Å². The monoisotopic (exact) mass is 263 g/mol. The van der Waals surface area contributed by atoms with Crippen LogP contribution in [0.2, 0.25) is 0 Å². The Morgan fingerprint density at radius 1 is 1.37 bits per heavy atom. The van der Waals surface area contributed by atoms with Crippen LogP contribution in [0, 0.1) is 5.92 Å². The van der Waals surface area contributed by atoms with Gasteiger partial charge >= 0.3 is 0 Å². The zero-order chi connectivity index (χ0) is 13.2. The number of nitrogens with one attached hydrogen (secondary N) is 1. The SMILES string of the molecule is C[C@@H]1CC(NC[C@@H]2CCc3nccn3C2)C[C@H](C)O1. The molecule has 1 aromatic rings. The highest BCUT2D eigenvalue weighted by atomic mass is 16.5. The summed E-state index contributed by atoms with van der Waals surface area (Å²) in [5.41, 5.74) is 0. The van der Waals surface area contributed by atoms with Crippen LogP contribution in [0.5, 0.6) is 0 Å². The molecule has 1 unspecified atom stereocenters. The van der Waals surface area contributed by atoms with Crippen molar-refractivity contribution in [3.05, 3.63) is 18.2 Å². The number of aromatic nitrogens is 2. The van der Waals surface area contributed by atoms with E-state index in [1.807, 2.05) is 6.20 Å². The molecule has 4 heteroatoms. The Labute approximate surface area is 115 Å². The first-order chi connectivity index (χ1) is 9.20. The fourth-order valence-corrected chi connectivity index (χ4v) is 3.51. The molecule has 0 amide bonds. The number of ether oxygens (including phenoxy) is 1. The van der Waals surface area contributed by atoms with Gasteiger partial charge in [0.15, 0.2) is 0 Å². The van der Waals surface area contributed by atoms with Gasteiger partial charge in [0, 0.05) is 31.4 Å². The molecule has 4 nitrogen and oxygen atoms in total. The Morgan fingerprint density at radius 2 is 2.16 bits per heavy atom. The van der Waals surface area contributed by atoms with Gasteiger partial charge in [-0.25, -0.2) is 4.98 Å². The summed E-state index contributed by atoms with van der Waals surface area (Å²) in [7, 11) is 0. The molecule has 3 rings (SSSR count). The van der Waals surface area contributed by atoms with E-state index in [0.29, 0.717) is 18.2 Å². The van der Waals surface area contributed by atoms with E-state index in [1.54, 1.807) is 0 Å². The van der Waals surface area contributed by atoms with Crippen molar-refractivity contribution in [3.63, 3.8) is 0 Å². The number of rotatable bonds is 3. The Balaban J connectivity index is 1.48. The molecule has 0 saturated carbocycles. The molecule has 0 radical (unpaired) electrons. The lowest BCUT2D eigenvalue weighted by atomic mass is 9.96. The fourth-order valence-electron chi connectivity index (χ4n) is 3.51. The highest BCUT2D eigenvalue weighted by Gasteiger charge is 2.25. The number of hydrogen-bond donors (Lipinski definition) is 1. The highest BCUT2D eigenvalue weighted by molar-refractivity contribution is 4.97. The second-order valence-electron chi connectivity index (χ2n) is 6.23. The largest absolute Gasteiger partial charge is 0.375 e. The Kier molecular flexibility index (Phi) is 3.89. The van der Waals surface area contributed by atoms with Gasteiger partial charge in [0.25, 0.3) is 0 Å². The summed E-state index contributed by atoms with van der Waals surface area (Å²) in [5.74, 6) is 2.00. The molecular weight excluding hydrogens is 238 g/mol. The van der Waals surface area contributed by atoms with E-state index in [9.17, 15) is 0 Å². The summed E-state index contributed by atoms with van der Waals surface area (Å²) >= 11 is 0. The molecule has 0 spiro atoms. The van der Waals surface area contributed by atoms with Gasteiger partial charge < -0.3 is 14.6 Å². The van der Waals surface area contributed by atoms with Gasteiger partial charge in [0.2, 0.25) is 0 Å². The van der Waals surface area contributed by atoms with E-state index in [2.05, 4.69) is 34.9 Å². The van der Waals surface area contributed by atoms with Gasteiger partial charge in [-0.15, -0.1) is 0 Å². The third-order valence-corrected chi connectivity index (χ3v) is 4.43. The minimum Gasteiger partial charge on any atom is -0.375 e. The molecule has 1 aromatic heterocycles. The predicted molar refractivity (Wildman–Crippen MR) is 75.1 cm³/mol. The first kappa shape index (κ1) is 13.1. The maximum Gasteiger partial charge on any atom is 0.108 e. The van der Waals surface area contributed by atoms with Crippen molar-refractivity contribution in [2.24, 2.45) is 5.92 Å². The lowest BCUT2D eigenvalue weighted by molar-refractivity contribution is -0.0426. The minimum absolute atomic E-state index is 0.396. The van der Waals surface area contributed by atoms with E-state index in [1.165, 1.54) is 12.2 Å². The van der Waals surface area contributed by atoms with Crippen LogP contribution >= 0.6 is 0 Å². The van der Waals surface area contributed by atoms with Gasteiger partial charge in [-0.3, -0.25) is 0 Å². The average Bonchev–Trinajstić information content (AvgIpc) is 2.82. The standard InChI is InChI=1S/C15H25N3O/c1-11-7-14(8-12(2)19-11)17-9-13-3-4-15-16-5-6-18(15)10-13/h5-6,11-14,17H,3-4,7-10H2,1-2H3/t11-,12+,13-,14?/m0/s1. The molecule has 19 heavy (non-hydrogen) atoms. The first-order valence-corrected chi connectivity index (χ1v) is 7.59. The summed E-state index contributed by atoms with van der Waals surface area (Å²) in [4.78, 5) is 4.39. The number of imidazole rings is 1. The molecule has 1 fully saturated rings. The minimum atomic E-state index is 0.396. The molecule has 0 aliphatic carbocycles. The topological polar surface area (TPSA) is 39.1 Å². The van der Waals surface area contributed by atoms with Gasteiger partial charge in [-0.05, 0) is 45.6 Å². The van der Waals surface area contributed by atoms with E-state index < -0.39 is 0 Å². The van der Waals surface area contributed by atoms with Gasteiger partial charge in [-0.2, -0.15) is 0 Å². The van der Waals surface area contributed by atoms with E-state index in [-0.39, 0.29) is 0 Å². The van der Waals surface area contributed by atoms with E-state index in [4.69, 9.17) is 4.74 Å². The van der Waals surface area contributed by atoms with Crippen LogP contribution in [0.3, 0.4) is 0 Å². The van der Waals surface area contributed by atoms with E-state index >= 15 is 0 Å². The fraction of sp³-hybridized carbons (Fsp3) is 0.800. The summed E-state index contributed by atoms with van der Waals surface area (Å²) in [6, 6.07) is 0.628. The van der Waals surface area contributed by atoms with Crippen molar-refractivity contribution in [1.82, 2.24) is 14.9 Å². The molecule has 106 valence electrons. The number of hydrogen-bond acceptors (Lipinski definition) is 3. The molecule has 1 saturated heterocycles. The molecule has 2 aliphatic rings. The maximum absolute atomic E-state index is 5.79. The summed E-state index contributed by atoms with van der Waals surface area (Å²) in [6.07, 6.45) is 9.51. The second-order valence-corrected chi connectivity index (χ2v) is 6.23. The van der Waals surface area contributed by atoms with Crippen molar-refractivity contribution < 1.29 is 4.74 Å². The van der Waals surface area contributed by atoms with Crippen molar-refractivity contribution in [1.29, 1.82) is 0 Å². The molecule has 3 heterocycles. The summed E-state index contributed by atoms with van der Waals surface area (Å²) in [5, 5.41) is 3.76. The lowest BCUT2D eigenvalue weighted by Gasteiger charge is -2.34. The van der Waals surface area contributed by atoms with Crippen LogP contribution in [0.4, 0.5) is 0 Å². The van der Waals surface area contributed by atoms with Crippen LogP contribution < -0.4 is 5.32 Å². The van der Waals surface area contributed by atoms with E-state index in [0.717, 1.165) is 38.3 Å². The first-order valence-electron chi connectivity index (χ1n) is 7.59. The summed E-state index contributed by atoms with van der Waals surface area (Å²) < 4.78 is 8.10. The zero-order valence-corrected chi connectivity index (χ0v) is 12.0. The van der Waals surface area contributed by atoms with Crippen LogP contribution in [0.25, 0.3) is 0 Å². The lowest BCUT2D eigenvalue weighted by Crippen LogP contribution is -2.43. The summed E-state index contributed by atoms with van der Waals surface area (Å²) in [6.45, 7) is 6.61. The Hall–Kier alpha value is -0.870. The number of fused-ring (bicyclic) bond motifs is 1. The molecule has 2 aliphatic heterocycles. The zero-order valence-electron chi connectivity index (χ0n) is 12.0. The number of aryl methyl sites for hydroxylation is 1. The van der Waals surface area contributed by atoms with Crippen LogP contribution in [0.1, 0.15) is 38.9 Å². The van der Waals surface area contributed by atoms with Crippen molar-refractivity contribution in [2.75, 3.05) is 6.54 Å². The molecule has 4 atom stereocenters. The normalized spacial score (nSPS) is 35.1. The molecular formula is C15H25N3O. The van der Waals surface area contributed by atoms with Crippen molar-refractivity contribution in [2.45, 2.75) is 64.3 Å². The third kappa shape index (κ3) is 3.18. The smallest absolute Gasteiger partial charge is 0.108 e. The van der Waals surface area contributed by atoms with Gasteiger partial charge in [-0.1, -0.05) is 0 Å². The average molecular weight is 263 g/mol. The predicted octanol–water partition coefficient (Wildman–Crippen LogP) is 1.99. The third-order valence-electron chi connectivity index (χ3n) is 4.43. The van der Waals surface area contributed by atoms with Gasteiger partial charge in [0.1, 0.15) is 5.82 Å². The Bertz CT molecular complexity index is 407. The second kappa shape index (κ2) is 5.63. The molecule has 0 aromatic carbocycles. The molecule has 0 bridgehead atoms. The van der Waals surface area contributed by atoms with Crippen LogP contribution in [-0.4, -0.2) is 34.3 Å². The Morgan fingerprint density at radius 3 is 2.95 bits per heavy atom.